The van der Waals surface area contributed by atoms with Gasteiger partial charge in [0, 0.05) is 0 Å². The molecule has 3 rings (SSSR count). The smallest absolute Gasteiger partial charge is 0.152 e. The van der Waals surface area contributed by atoms with E-state index in [4.69, 9.17) is 0 Å². The molecule has 0 radical (unpaired) electrons. The number of aliphatic hydroxyl groups is 1. The Labute approximate surface area is 129 Å². The molecule has 2 aromatic rings. The van der Waals surface area contributed by atoms with Crippen LogP contribution < -0.4 is 0 Å². The number of allylic oxidation sites excluding steroid dienone is 1. The Hall–Kier alpha value is -2.32. The number of fused-ring (bicyclic) bond motifs is 1. The maximum Gasteiger partial charge on any atom is 0.152 e. The molecule has 0 aliphatic carbocycles. The summed E-state index contributed by atoms with van der Waals surface area (Å²) in [5, 5.41) is 19.8. The van der Waals surface area contributed by atoms with E-state index in [-0.39, 0.29) is 11.3 Å². The highest BCUT2D eigenvalue weighted by Crippen LogP contribution is 2.20. The molecule has 1 aliphatic heterocycles. The van der Waals surface area contributed by atoms with Gasteiger partial charge in [-0.3, -0.25) is 4.90 Å². The zero-order valence-corrected chi connectivity index (χ0v) is 12.5. The second kappa shape index (κ2) is 6.63. The number of likely N-dealkylation sites (tertiary alicyclic amines) is 1. The van der Waals surface area contributed by atoms with E-state index in [2.05, 4.69) is 20.9 Å². The van der Waals surface area contributed by atoms with Crippen molar-refractivity contribution in [2.45, 2.75) is 25.7 Å². The molecule has 0 spiro atoms. The van der Waals surface area contributed by atoms with E-state index in [1.54, 1.807) is 0 Å². The minimum Gasteiger partial charge on any atom is -0.509 e. The Morgan fingerprint density at radius 1 is 1.23 bits per heavy atom. The summed E-state index contributed by atoms with van der Waals surface area (Å²) in [5.41, 5.74) is 1.90. The third-order valence-corrected chi connectivity index (χ3v) is 4.10. The van der Waals surface area contributed by atoms with Gasteiger partial charge in [0.25, 0.3) is 0 Å². The standard InChI is InChI=1S/C17H20N4O/c18-11-13(16(22)12-21-9-5-1-2-6-10-21)17-19-14-7-3-4-8-15(14)20-17/h3-4,7-8,22H,1-2,5-6,9-10,12H2,(H,19,20). The highest BCUT2D eigenvalue weighted by molar-refractivity contribution is 5.82. The molecule has 2 N–H and O–H groups in total. The molecular weight excluding hydrogens is 276 g/mol. The number of aromatic amines is 1. The van der Waals surface area contributed by atoms with Gasteiger partial charge in [0.1, 0.15) is 17.4 Å². The van der Waals surface area contributed by atoms with E-state index in [1.165, 1.54) is 12.8 Å². The molecule has 5 heteroatoms. The van der Waals surface area contributed by atoms with Crippen LogP contribution in [0.15, 0.2) is 30.0 Å². The Bertz CT molecular complexity index is 685. The molecule has 1 aromatic carbocycles. The molecule has 0 bridgehead atoms. The van der Waals surface area contributed by atoms with Crippen LogP contribution in [0.4, 0.5) is 0 Å². The van der Waals surface area contributed by atoms with Crippen LogP contribution in [0.25, 0.3) is 16.6 Å². The normalized spacial score (nSPS) is 17.8. The number of para-hydroxylation sites is 2. The number of aliphatic hydroxyl groups excluding tert-OH is 1. The number of imidazole rings is 1. The van der Waals surface area contributed by atoms with Crippen LogP contribution in [-0.2, 0) is 0 Å². The van der Waals surface area contributed by atoms with E-state index < -0.39 is 0 Å². The molecule has 114 valence electrons. The topological polar surface area (TPSA) is 75.9 Å². The summed E-state index contributed by atoms with van der Waals surface area (Å²) in [5.74, 6) is 0.541. The maximum absolute atomic E-state index is 10.4. The number of hydrogen-bond acceptors (Lipinski definition) is 4. The van der Waals surface area contributed by atoms with Crippen molar-refractivity contribution in [1.29, 1.82) is 5.26 Å². The van der Waals surface area contributed by atoms with Gasteiger partial charge in [0.2, 0.25) is 0 Å². The zero-order chi connectivity index (χ0) is 15.4. The van der Waals surface area contributed by atoms with Gasteiger partial charge in [-0.05, 0) is 38.1 Å². The van der Waals surface area contributed by atoms with Crippen molar-refractivity contribution in [3.05, 3.63) is 35.8 Å². The van der Waals surface area contributed by atoms with Crippen LogP contribution in [0.1, 0.15) is 31.5 Å². The van der Waals surface area contributed by atoms with E-state index >= 15 is 0 Å². The Balaban J connectivity index is 1.86. The van der Waals surface area contributed by atoms with Crippen molar-refractivity contribution in [2.75, 3.05) is 19.6 Å². The summed E-state index contributed by atoms with van der Waals surface area (Å²) in [6.07, 6.45) is 4.80. The van der Waals surface area contributed by atoms with Crippen molar-refractivity contribution >= 4 is 16.6 Å². The maximum atomic E-state index is 10.4. The molecule has 22 heavy (non-hydrogen) atoms. The number of rotatable bonds is 3. The lowest BCUT2D eigenvalue weighted by molar-refractivity contribution is 0.258. The summed E-state index contributed by atoms with van der Waals surface area (Å²) in [4.78, 5) is 9.72. The van der Waals surface area contributed by atoms with Crippen LogP contribution in [0.3, 0.4) is 0 Å². The monoisotopic (exact) mass is 296 g/mol. The molecule has 1 fully saturated rings. The number of aromatic nitrogens is 2. The van der Waals surface area contributed by atoms with Gasteiger partial charge in [0.15, 0.2) is 5.82 Å². The quantitative estimate of drug-likeness (QED) is 0.673. The van der Waals surface area contributed by atoms with Gasteiger partial charge in [-0.25, -0.2) is 4.98 Å². The third-order valence-electron chi connectivity index (χ3n) is 4.10. The first kappa shape index (κ1) is 14.6. The zero-order valence-electron chi connectivity index (χ0n) is 12.5. The molecule has 0 atom stereocenters. The van der Waals surface area contributed by atoms with Crippen molar-refractivity contribution < 1.29 is 5.11 Å². The Morgan fingerprint density at radius 3 is 2.64 bits per heavy atom. The summed E-state index contributed by atoms with van der Waals surface area (Å²) < 4.78 is 0. The fourth-order valence-corrected chi connectivity index (χ4v) is 2.91. The minimum absolute atomic E-state index is 0.100. The van der Waals surface area contributed by atoms with Gasteiger partial charge in [0.05, 0.1) is 17.6 Å². The highest BCUT2D eigenvalue weighted by atomic mass is 16.3. The van der Waals surface area contributed by atoms with Gasteiger partial charge >= 0.3 is 0 Å². The average molecular weight is 296 g/mol. The lowest BCUT2D eigenvalue weighted by Crippen LogP contribution is -2.27. The van der Waals surface area contributed by atoms with E-state index in [0.717, 1.165) is 37.0 Å². The van der Waals surface area contributed by atoms with Gasteiger partial charge in [-0.2, -0.15) is 5.26 Å². The molecule has 2 heterocycles. The molecule has 5 nitrogen and oxygen atoms in total. The van der Waals surface area contributed by atoms with Crippen LogP contribution in [0.2, 0.25) is 0 Å². The SMILES string of the molecule is N#CC(=C(O)CN1CCCCCC1)c1nc2ccccc2[nH]1. The van der Waals surface area contributed by atoms with Crippen molar-refractivity contribution in [3.63, 3.8) is 0 Å². The second-order valence-electron chi connectivity index (χ2n) is 5.73. The largest absolute Gasteiger partial charge is 0.509 e. The molecule has 1 saturated heterocycles. The summed E-state index contributed by atoms with van der Waals surface area (Å²) >= 11 is 0. The van der Waals surface area contributed by atoms with Crippen LogP contribution >= 0.6 is 0 Å². The number of nitrogens with one attached hydrogen (secondary N) is 1. The molecule has 1 aromatic heterocycles. The van der Waals surface area contributed by atoms with Crippen LogP contribution in [-0.4, -0.2) is 39.6 Å². The number of benzene rings is 1. The third kappa shape index (κ3) is 3.12. The fraction of sp³-hybridized carbons (Fsp3) is 0.412. The second-order valence-corrected chi connectivity index (χ2v) is 5.73. The van der Waals surface area contributed by atoms with Crippen LogP contribution in [0.5, 0.6) is 0 Å². The number of hydrogen-bond donors (Lipinski definition) is 2. The Kier molecular flexibility index (Phi) is 4.40. The first-order valence-corrected chi connectivity index (χ1v) is 7.77. The number of nitrogens with zero attached hydrogens (tertiary/aromatic N) is 3. The lowest BCUT2D eigenvalue weighted by atomic mass is 10.2. The first-order chi connectivity index (χ1) is 10.8. The van der Waals surface area contributed by atoms with Gasteiger partial charge in [-0.1, -0.05) is 25.0 Å². The molecule has 1 aliphatic rings. The van der Waals surface area contributed by atoms with Crippen molar-refractivity contribution in [2.24, 2.45) is 0 Å². The summed E-state index contributed by atoms with van der Waals surface area (Å²) in [6.45, 7) is 2.37. The van der Waals surface area contributed by atoms with Crippen molar-refractivity contribution in [3.8, 4) is 6.07 Å². The first-order valence-electron chi connectivity index (χ1n) is 7.77. The highest BCUT2D eigenvalue weighted by Gasteiger charge is 2.16. The van der Waals surface area contributed by atoms with E-state index in [1.807, 2.05) is 24.3 Å². The summed E-state index contributed by atoms with van der Waals surface area (Å²) in [6, 6.07) is 9.70. The predicted octanol–water partition coefficient (Wildman–Crippen LogP) is 3.23. The lowest BCUT2D eigenvalue weighted by Gasteiger charge is -2.19. The Morgan fingerprint density at radius 2 is 1.95 bits per heavy atom. The van der Waals surface area contributed by atoms with E-state index in [9.17, 15) is 10.4 Å². The van der Waals surface area contributed by atoms with Crippen LogP contribution in [0, 0.1) is 11.3 Å². The molecule has 0 unspecified atom stereocenters. The molecular formula is C17H20N4O. The fourth-order valence-electron chi connectivity index (χ4n) is 2.91. The van der Waals surface area contributed by atoms with Gasteiger partial charge in [-0.15, -0.1) is 0 Å². The molecule has 0 saturated carbocycles. The summed E-state index contributed by atoms with van der Waals surface area (Å²) in [7, 11) is 0. The molecule has 0 amide bonds. The van der Waals surface area contributed by atoms with Crippen molar-refractivity contribution in [1.82, 2.24) is 14.9 Å². The number of H-pyrrole nitrogens is 1. The minimum atomic E-state index is 0.100. The van der Waals surface area contributed by atoms with E-state index in [0.29, 0.717) is 12.4 Å². The average Bonchev–Trinajstić information content (AvgIpc) is 2.77. The van der Waals surface area contributed by atoms with Gasteiger partial charge < -0.3 is 10.1 Å². The number of nitriles is 1. The predicted molar refractivity (Wildman–Crippen MR) is 86.2 cm³/mol.